The van der Waals surface area contributed by atoms with E-state index in [0.717, 1.165) is 17.9 Å². The van der Waals surface area contributed by atoms with Gasteiger partial charge in [0.2, 0.25) is 0 Å². The van der Waals surface area contributed by atoms with E-state index >= 15 is 0 Å². The number of hydrogen-bond acceptors (Lipinski definition) is 6. The molecule has 3 aromatic rings. The van der Waals surface area contributed by atoms with E-state index in [1.165, 1.54) is 24.3 Å². The number of hydrogen-bond donors (Lipinski definition) is 2. The number of aromatic nitrogens is 2. The number of benzene rings is 2. The van der Waals surface area contributed by atoms with Crippen LogP contribution in [0.5, 0.6) is 0 Å². The Labute approximate surface area is 180 Å². The average molecular weight is 446 g/mol. The van der Waals surface area contributed by atoms with Crippen molar-refractivity contribution in [1.82, 2.24) is 15.1 Å². The molecule has 0 spiro atoms. The van der Waals surface area contributed by atoms with Crippen LogP contribution in [0.2, 0.25) is 5.02 Å². The molecule has 31 heavy (non-hydrogen) atoms. The van der Waals surface area contributed by atoms with Crippen LogP contribution in [-0.2, 0) is 9.53 Å². The van der Waals surface area contributed by atoms with Crippen molar-refractivity contribution in [2.45, 2.75) is 6.04 Å². The number of aliphatic hydroxyl groups excluding tert-OH is 1. The lowest BCUT2D eigenvalue weighted by Gasteiger charge is -2.15. The third-order valence-electron chi connectivity index (χ3n) is 4.32. The SMILES string of the molecule is COC(=O)[C@@H](CO)NC(=O)c1cc(-c2ccc(Cl)cc2)nn(-c2cccc(F)c2)c1=O. The summed E-state index contributed by atoms with van der Waals surface area (Å²) in [5.41, 5.74) is -0.352. The van der Waals surface area contributed by atoms with Crippen molar-refractivity contribution in [2.24, 2.45) is 0 Å². The van der Waals surface area contributed by atoms with E-state index in [2.05, 4.69) is 15.2 Å². The standard InChI is InChI=1S/C21H17ClFN3O5/c1-31-21(30)18(11-27)24-19(28)16-10-17(12-5-7-13(22)8-6-12)25-26(20(16)29)15-4-2-3-14(23)9-15/h2-10,18,27H,11H2,1H3,(H,24,28)/t18-/m1/s1. The normalized spacial score (nSPS) is 11.6. The van der Waals surface area contributed by atoms with Crippen molar-refractivity contribution >= 4 is 23.5 Å². The number of aliphatic hydroxyl groups is 1. The van der Waals surface area contributed by atoms with E-state index in [-0.39, 0.29) is 16.9 Å². The van der Waals surface area contributed by atoms with Gasteiger partial charge in [0.1, 0.15) is 11.4 Å². The quantitative estimate of drug-likeness (QED) is 0.561. The van der Waals surface area contributed by atoms with Crippen molar-refractivity contribution in [3.05, 3.63) is 81.4 Å². The molecule has 160 valence electrons. The van der Waals surface area contributed by atoms with Gasteiger partial charge in [-0.3, -0.25) is 9.59 Å². The maximum Gasteiger partial charge on any atom is 0.330 e. The van der Waals surface area contributed by atoms with Gasteiger partial charge in [-0.2, -0.15) is 9.78 Å². The zero-order valence-electron chi connectivity index (χ0n) is 16.2. The van der Waals surface area contributed by atoms with Gasteiger partial charge >= 0.3 is 5.97 Å². The predicted molar refractivity (Wildman–Crippen MR) is 111 cm³/mol. The van der Waals surface area contributed by atoms with Crippen molar-refractivity contribution < 1.29 is 23.8 Å². The van der Waals surface area contributed by atoms with E-state index in [1.54, 1.807) is 24.3 Å². The van der Waals surface area contributed by atoms with Crippen LogP contribution in [0.25, 0.3) is 16.9 Å². The first-order valence-corrected chi connectivity index (χ1v) is 9.37. The van der Waals surface area contributed by atoms with Gasteiger partial charge in [-0.25, -0.2) is 9.18 Å². The molecule has 0 aliphatic carbocycles. The lowest BCUT2D eigenvalue weighted by Crippen LogP contribution is -2.46. The summed E-state index contributed by atoms with van der Waals surface area (Å²) in [6.07, 6.45) is 0. The van der Waals surface area contributed by atoms with Crippen LogP contribution < -0.4 is 10.9 Å². The summed E-state index contributed by atoms with van der Waals surface area (Å²) in [6, 6.07) is 11.5. The highest BCUT2D eigenvalue weighted by atomic mass is 35.5. The topological polar surface area (TPSA) is 111 Å². The van der Waals surface area contributed by atoms with Crippen LogP contribution in [-0.4, -0.2) is 46.5 Å². The number of esters is 1. The number of amides is 1. The highest BCUT2D eigenvalue weighted by molar-refractivity contribution is 6.30. The summed E-state index contributed by atoms with van der Waals surface area (Å²) in [4.78, 5) is 37.5. The molecular weight excluding hydrogens is 429 g/mol. The third kappa shape index (κ3) is 4.96. The Bertz CT molecular complexity index is 1180. The third-order valence-corrected chi connectivity index (χ3v) is 4.57. The van der Waals surface area contributed by atoms with Gasteiger partial charge < -0.3 is 15.2 Å². The van der Waals surface area contributed by atoms with Gasteiger partial charge in [0.25, 0.3) is 11.5 Å². The van der Waals surface area contributed by atoms with Crippen LogP contribution in [0.1, 0.15) is 10.4 Å². The molecule has 10 heteroatoms. The van der Waals surface area contributed by atoms with E-state index in [1.807, 2.05) is 0 Å². The van der Waals surface area contributed by atoms with Crippen LogP contribution >= 0.6 is 11.6 Å². The van der Waals surface area contributed by atoms with Gasteiger partial charge in [-0.1, -0.05) is 29.8 Å². The minimum Gasteiger partial charge on any atom is -0.467 e. The Hall–Kier alpha value is -3.56. The van der Waals surface area contributed by atoms with Crippen molar-refractivity contribution in [2.75, 3.05) is 13.7 Å². The zero-order valence-corrected chi connectivity index (χ0v) is 17.0. The van der Waals surface area contributed by atoms with E-state index in [0.29, 0.717) is 10.6 Å². The Kier molecular flexibility index (Phi) is 6.78. The van der Waals surface area contributed by atoms with Crippen molar-refractivity contribution in [1.29, 1.82) is 0 Å². The van der Waals surface area contributed by atoms with E-state index in [4.69, 9.17) is 11.6 Å². The number of halogens is 2. The van der Waals surface area contributed by atoms with Gasteiger partial charge in [0.05, 0.1) is 25.1 Å². The second-order valence-corrected chi connectivity index (χ2v) is 6.82. The summed E-state index contributed by atoms with van der Waals surface area (Å²) in [5.74, 6) is -2.41. The summed E-state index contributed by atoms with van der Waals surface area (Å²) in [7, 11) is 1.10. The molecule has 1 heterocycles. The van der Waals surface area contributed by atoms with Crippen LogP contribution in [0, 0.1) is 5.82 Å². The second-order valence-electron chi connectivity index (χ2n) is 6.38. The molecule has 3 rings (SSSR count). The Morgan fingerprint density at radius 1 is 1.23 bits per heavy atom. The minimum atomic E-state index is -1.37. The first-order valence-electron chi connectivity index (χ1n) is 9.00. The molecule has 0 aliphatic rings. The molecule has 1 amide bonds. The van der Waals surface area contributed by atoms with E-state index < -0.39 is 35.9 Å². The first-order chi connectivity index (χ1) is 14.8. The molecular formula is C21H17ClFN3O5. The molecule has 0 aliphatic heterocycles. The molecule has 0 bridgehead atoms. The monoisotopic (exact) mass is 445 g/mol. The summed E-state index contributed by atoms with van der Waals surface area (Å²) >= 11 is 5.92. The van der Waals surface area contributed by atoms with Gasteiger partial charge in [-0.15, -0.1) is 0 Å². The Morgan fingerprint density at radius 3 is 2.55 bits per heavy atom. The maximum atomic E-state index is 13.7. The van der Waals surface area contributed by atoms with Crippen LogP contribution in [0.4, 0.5) is 4.39 Å². The van der Waals surface area contributed by atoms with Crippen LogP contribution in [0.3, 0.4) is 0 Å². The number of methoxy groups -OCH3 is 1. The fourth-order valence-corrected chi connectivity index (χ4v) is 2.89. The molecule has 2 N–H and O–H groups in total. The molecule has 0 fully saturated rings. The average Bonchev–Trinajstić information content (AvgIpc) is 2.77. The summed E-state index contributed by atoms with van der Waals surface area (Å²) < 4.78 is 19.1. The van der Waals surface area contributed by atoms with Gasteiger partial charge in [0.15, 0.2) is 6.04 Å². The fraction of sp³-hybridized carbons (Fsp3) is 0.143. The maximum absolute atomic E-state index is 13.7. The molecule has 2 aromatic carbocycles. The summed E-state index contributed by atoms with van der Waals surface area (Å²) in [5, 5.41) is 16.3. The first kappa shape index (κ1) is 22.1. The molecule has 1 atom stereocenters. The number of nitrogens with zero attached hydrogens (tertiary/aromatic N) is 2. The van der Waals surface area contributed by atoms with Crippen LogP contribution in [0.15, 0.2) is 59.4 Å². The van der Waals surface area contributed by atoms with Crippen molar-refractivity contribution in [3.63, 3.8) is 0 Å². The predicted octanol–water partition coefficient (Wildman–Crippen LogP) is 1.96. The molecule has 0 saturated heterocycles. The fourth-order valence-electron chi connectivity index (χ4n) is 2.76. The summed E-state index contributed by atoms with van der Waals surface area (Å²) in [6.45, 7) is -0.731. The lowest BCUT2D eigenvalue weighted by molar-refractivity contribution is -0.143. The van der Waals surface area contributed by atoms with Gasteiger partial charge in [-0.05, 0) is 36.4 Å². The number of carbonyl (C=O) groups is 2. The zero-order chi connectivity index (χ0) is 22.5. The molecule has 1 aromatic heterocycles. The number of rotatable bonds is 6. The number of nitrogens with one attached hydrogen (secondary N) is 1. The Morgan fingerprint density at radius 2 is 1.94 bits per heavy atom. The lowest BCUT2D eigenvalue weighted by atomic mass is 10.1. The second kappa shape index (κ2) is 9.50. The minimum absolute atomic E-state index is 0.0986. The highest BCUT2D eigenvalue weighted by Gasteiger charge is 2.24. The van der Waals surface area contributed by atoms with Crippen molar-refractivity contribution in [3.8, 4) is 16.9 Å². The molecule has 8 nitrogen and oxygen atoms in total. The highest BCUT2D eigenvalue weighted by Crippen LogP contribution is 2.20. The molecule has 0 radical (unpaired) electrons. The number of carbonyl (C=O) groups excluding carboxylic acids is 2. The Balaban J connectivity index is 2.15. The largest absolute Gasteiger partial charge is 0.467 e. The molecule has 0 saturated carbocycles. The smallest absolute Gasteiger partial charge is 0.330 e. The van der Waals surface area contributed by atoms with E-state index in [9.17, 15) is 23.9 Å². The number of ether oxygens (including phenoxy) is 1. The molecule has 0 unspecified atom stereocenters. The van der Waals surface area contributed by atoms with Gasteiger partial charge in [0, 0.05) is 10.6 Å².